The lowest BCUT2D eigenvalue weighted by molar-refractivity contribution is -0.385. The van der Waals surface area contributed by atoms with Crippen molar-refractivity contribution in [2.75, 3.05) is 11.9 Å². The zero-order valence-electron chi connectivity index (χ0n) is 10.8. The van der Waals surface area contributed by atoms with E-state index in [1.54, 1.807) is 18.2 Å². The van der Waals surface area contributed by atoms with Crippen LogP contribution in [0.5, 0.6) is 5.75 Å². The topological polar surface area (TPSA) is 89.8 Å². The van der Waals surface area contributed by atoms with Crippen LogP contribution >= 0.6 is 32.1 Å². The van der Waals surface area contributed by atoms with Gasteiger partial charge in [0, 0.05) is 24.2 Å². The van der Waals surface area contributed by atoms with E-state index in [2.05, 4.69) is 32.1 Å². The number of hydrogen-bond donors (Lipinski definition) is 0. The molecule has 0 radical (unpaired) electrons. The van der Waals surface area contributed by atoms with Crippen LogP contribution in [0.15, 0.2) is 24.3 Å². The number of amides is 2. The molecule has 0 aliphatic carbocycles. The highest BCUT2D eigenvalue weighted by atomic mass is 79.9. The molecule has 0 bridgehead atoms. The fourth-order valence-corrected chi connectivity index (χ4v) is 1.94. The molecule has 1 aliphatic rings. The number of rotatable bonds is 4. The Bertz CT molecular complexity index is 522. The van der Waals surface area contributed by atoms with Crippen molar-refractivity contribution in [3.8, 4) is 5.75 Å². The summed E-state index contributed by atoms with van der Waals surface area (Å²) < 4.78 is 6.14. The first-order chi connectivity index (χ1) is 9.97. The van der Waals surface area contributed by atoms with Gasteiger partial charge in [0.25, 0.3) is 0 Å². The summed E-state index contributed by atoms with van der Waals surface area (Å²) in [5.41, 5.74) is 0.00319. The Kier molecular flexibility index (Phi) is 7.30. The number of nitro groups is 1. The van der Waals surface area contributed by atoms with E-state index in [9.17, 15) is 19.7 Å². The molecular formula is C12H12Br2N2O5. The highest BCUT2D eigenvalue weighted by Gasteiger charge is 2.26. The minimum Gasteiger partial charge on any atom is -0.486 e. The van der Waals surface area contributed by atoms with Crippen molar-refractivity contribution in [3.63, 3.8) is 0 Å². The van der Waals surface area contributed by atoms with Crippen LogP contribution in [0.1, 0.15) is 12.8 Å². The van der Waals surface area contributed by atoms with Gasteiger partial charge in [0.05, 0.1) is 27.7 Å². The molecule has 1 saturated heterocycles. The van der Waals surface area contributed by atoms with E-state index in [4.69, 9.17) is 4.74 Å². The summed E-state index contributed by atoms with van der Waals surface area (Å²) >= 11 is 5.98. The molecule has 1 aromatic rings. The van der Waals surface area contributed by atoms with Crippen LogP contribution in [0.3, 0.4) is 0 Å². The number of carbonyl (C=O) groups excluding carboxylic acids is 2. The molecule has 2 amide bonds. The molecule has 0 spiro atoms. The number of carbonyl (C=O) groups is 2. The highest BCUT2D eigenvalue weighted by molar-refractivity contribution is 9.09. The van der Waals surface area contributed by atoms with Gasteiger partial charge in [-0.1, -0.05) is 28.1 Å². The Morgan fingerprint density at radius 3 is 2.24 bits per heavy atom. The smallest absolute Gasteiger partial charge is 0.310 e. The number of nitrogens with zero attached hydrogens (tertiary/aromatic N) is 2. The Morgan fingerprint density at radius 2 is 1.81 bits per heavy atom. The normalized spacial score (nSPS) is 13.7. The summed E-state index contributed by atoms with van der Waals surface area (Å²) in [4.78, 5) is 30.9. The summed E-state index contributed by atoms with van der Waals surface area (Å²) in [6, 6.07) is 6.32. The highest BCUT2D eigenvalue weighted by Crippen LogP contribution is 2.25. The van der Waals surface area contributed by atoms with Gasteiger partial charge < -0.3 is 4.74 Å². The van der Waals surface area contributed by atoms with E-state index in [0.29, 0.717) is 30.5 Å². The van der Waals surface area contributed by atoms with Gasteiger partial charge in [0.1, 0.15) is 0 Å². The lowest BCUT2D eigenvalue weighted by Gasteiger charge is -2.03. The van der Waals surface area contributed by atoms with Crippen LogP contribution in [-0.4, -0.2) is 32.6 Å². The van der Waals surface area contributed by atoms with Crippen LogP contribution in [0, 0.1) is 10.1 Å². The Balaban J connectivity index is 0.000000235. The molecule has 0 atom stereocenters. The van der Waals surface area contributed by atoms with Gasteiger partial charge in [-0.2, -0.15) is 0 Å². The summed E-state index contributed by atoms with van der Waals surface area (Å²) in [5, 5.41) is 11.2. The van der Waals surface area contributed by atoms with Gasteiger partial charge in [-0.3, -0.25) is 19.7 Å². The lowest BCUT2D eigenvalue weighted by atomic mass is 10.3. The van der Waals surface area contributed by atoms with E-state index >= 15 is 0 Å². The van der Waals surface area contributed by atoms with Gasteiger partial charge in [-0.15, -0.1) is 0 Å². The zero-order chi connectivity index (χ0) is 15.8. The standard InChI is InChI=1S/C8H8BrNO3.C4H4BrNO2/c9-5-6-13-8-4-2-1-3-7(8)10(11)12;5-6-3(7)1-2-4(6)8/h1-4H,5-6H2;1-2H2. The van der Waals surface area contributed by atoms with E-state index < -0.39 is 4.92 Å². The number of alkyl halides is 1. The maximum Gasteiger partial charge on any atom is 0.310 e. The van der Waals surface area contributed by atoms with Crippen LogP contribution in [0.2, 0.25) is 0 Å². The van der Waals surface area contributed by atoms with Crippen molar-refractivity contribution in [2.45, 2.75) is 12.8 Å². The molecule has 1 aromatic carbocycles. The molecule has 7 nitrogen and oxygen atoms in total. The van der Waals surface area contributed by atoms with Crippen molar-refractivity contribution < 1.29 is 19.2 Å². The van der Waals surface area contributed by atoms with E-state index in [0.717, 1.165) is 3.93 Å². The molecule has 2 rings (SSSR count). The number of nitro benzene ring substituents is 1. The van der Waals surface area contributed by atoms with Crippen LogP contribution in [0.4, 0.5) is 5.69 Å². The first-order valence-electron chi connectivity index (χ1n) is 5.91. The molecule has 1 fully saturated rings. The van der Waals surface area contributed by atoms with Crippen LogP contribution in [-0.2, 0) is 9.59 Å². The molecule has 0 N–H and O–H groups in total. The summed E-state index contributed by atoms with van der Waals surface area (Å²) in [6.07, 6.45) is 0.703. The largest absolute Gasteiger partial charge is 0.486 e. The van der Waals surface area contributed by atoms with Crippen LogP contribution < -0.4 is 4.74 Å². The van der Waals surface area contributed by atoms with Crippen molar-refractivity contribution in [1.29, 1.82) is 0 Å². The first kappa shape index (κ1) is 17.6. The zero-order valence-corrected chi connectivity index (χ0v) is 14.0. The molecule has 1 heterocycles. The predicted octanol–water partition coefficient (Wildman–Crippen LogP) is 2.81. The minimum absolute atomic E-state index is 0.00319. The maximum atomic E-state index is 10.5. The molecule has 0 unspecified atom stereocenters. The number of imide groups is 1. The second-order valence-electron chi connectivity index (χ2n) is 3.83. The first-order valence-corrected chi connectivity index (χ1v) is 7.74. The minimum atomic E-state index is -0.455. The van der Waals surface area contributed by atoms with Crippen molar-refractivity contribution in [2.24, 2.45) is 0 Å². The summed E-state index contributed by atoms with van der Waals surface area (Å²) in [7, 11) is 0. The van der Waals surface area contributed by atoms with Gasteiger partial charge in [-0.25, -0.2) is 3.93 Å². The molecule has 9 heteroatoms. The predicted molar refractivity (Wildman–Crippen MR) is 82.4 cm³/mol. The molecule has 1 aliphatic heterocycles. The fourth-order valence-electron chi connectivity index (χ4n) is 1.43. The van der Waals surface area contributed by atoms with Gasteiger partial charge in [0.15, 0.2) is 5.75 Å². The molecule has 114 valence electrons. The third-order valence-corrected chi connectivity index (χ3v) is 3.50. The van der Waals surface area contributed by atoms with Crippen molar-refractivity contribution >= 4 is 49.6 Å². The molecule has 21 heavy (non-hydrogen) atoms. The number of halogens is 2. The number of hydrogen-bond acceptors (Lipinski definition) is 5. The fraction of sp³-hybridized carbons (Fsp3) is 0.333. The van der Waals surface area contributed by atoms with E-state index in [1.165, 1.54) is 6.07 Å². The lowest BCUT2D eigenvalue weighted by Crippen LogP contribution is -2.16. The van der Waals surface area contributed by atoms with Crippen LogP contribution in [0.25, 0.3) is 0 Å². The average molecular weight is 424 g/mol. The monoisotopic (exact) mass is 422 g/mol. The SMILES string of the molecule is O=C1CCC(=O)N1Br.O=[N+]([O-])c1ccccc1OCCBr. The number of para-hydroxylation sites is 2. The van der Waals surface area contributed by atoms with E-state index in [1.807, 2.05) is 0 Å². The van der Waals surface area contributed by atoms with Gasteiger partial charge in [0.2, 0.25) is 11.8 Å². The Hall–Kier alpha value is -1.48. The third-order valence-electron chi connectivity index (χ3n) is 2.39. The molecule has 0 saturated carbocycles. The summed E-state index contributed by atoms with van der Waals surface area (Å²) in [6.45, 7) is 0.421. The molecule has 0 aromatic heterocycles. The van der Waals surface area contributed by atoms with Gasteiger partial charge in [-0.05, 0) is 6.07 Å². The number of benzene rings is 1. The van der Waals surface area contributed by atoms with E-state index in [-0.39, 0.29) is 17.5 Å². The quantitative estimate of drug-likeness (QED) is 0.244. The second-order valence-corrected chi connectivity index (χ2v) is 5.33. The third kappa shape index (κ3) is 5.43. The second kappa shape index (κ2) is 8.73. The Labute approximate surface area is 137 Å². The maximum absolute atomic E-state index is 10.5. The summed E-state index contributed by atoms with van der Waals surface area (Å²) in [5.74, 6) is 0.0250. The Morgan fingerprint density at radius 1 is 1.24 bits per heavy atom. The van der Waals surface area contributed by atoms with Gasteiger partial charge >= 0.3 is 5.69 Å². The number of ether oxygens (including phenoxy) is 1. The van der Waals surface area contributed by atoms with Crippen molar-refractivity contribution in [1.82, 2.24) is 3.93 Å². The van der Waals surface area contributed by atoms with Crippen molar-refractivity contribution in [3.05, 3.63) is 34.4 Å². The molecular weight excluding hydrogens is 412 g/mol. The average Bonchev–Trinajstić information content (AvgIpc) is 2.77.